The molecule has 0 heterocycles. The van der Waals surface area contributed by atoms with Crippen molar-refractivity contribution in [3.05, 3.63) is 48.6 Å². The molecule has 266 valence electrons. The van der Waals surface area contributed by atoms with Crippen LogP contribution in [0.1, 0.15) is 168 Å². The summed E-state index contributed by atoms with van der Waals surface area (Å²) >= 11 is 0. The second kappa shape index (κ2) is 35.7. The lowest BCUT2D eigenvalue weighted by Gasteiger charge is -2.12. The Morgan fingerprint density at radius 1 is 0.522 bits per heavy atom. The van der Waals surface area contributed by atoms with E-state index in [1.54, 1.807) is 0 Å². The molecule has 0 aliphatic rings. The van der Waals surface area contributed by atoms with Crippen molar-refractivity contribution in [1.82, 2.24) is 0 Å². The molecule has 0 aliphatic heterocycles. The molecular formula is C40H70O6. The van der Waals surface area contributed by atoms with Gasteiger partial charge in [-0.05, 0) is 44.9 Å². The van der Waals surface area contributed by atoms with Crippen LogP contribution < -0.4 is 0 Å². The van der Waals surface area contributed by atoms with Gasteiger partial charge in [0.2, 0.25) is 0 Å². The first-order chi connectivity index (χ1) is 22.5. The van der Waals surface area contributed by atoms with Gasteiger partial charge in [0.25, 0.3) is 0 Å². The average molecular weight is 647 g/mol. The number of carbonyl (C=O) groups is 2. The molecule has 2 atom stereocenters. The SMILES string of the molecule is CCCCCCCCCCCCCCCCC(=O)OC[C@H](O)COC(=O)CCC/C=C\C/C=C\C/C=C\C/C=C\[C@@H](O)CCCC. The molecule has 0 aromatic heterocycles. The minimum absolute atomic E-state index is 0.142. The number of allylic oxidation sites excluding steroid dienone is 7. The third kappa shape index (κ3) is 34.7. The summed E-state index contributed by atoms with van der Waals surface area (Å²) in [5.41, 5.74) is 0. The van der Waals surface area contributed by atoms with E-state index >= 15 is 0 Å². The van der Waals surface area contributed by atoms with Crippen LogP contribution in [-0.4, -0.2) is 47.6 Å². The zero-order valence-corrected chi connectivity index (χ0v) is 29.7. The van der Waals surface area contributed by atoms with Crippen LogP contribution in [0.15, 0.2) is 48.6 Å². The summed E-state index contributed by atoms with van der Waals surface area (Å²) in [6.45, 7) is 4.09. The minimum atomic E-state index is -0.995. The maximum absolute atomic E-state index is 11.9. The summed E-state index contributed by atoms with van der Waals surface area (Å²) < 4.78 is 10.3. The summed E-state index contributed by atoms with van der Waals surface area (Å²) in [5.74, 6) is -0.650. The van der Waals surface area contributed by atoms with Crippen LogP contribution in [0.2, 0.25) is 0 Å². The number of hydrogen-bond donors (Lipinski definition) is 2. The van der Waals surface area contributed by atoms with Gasteiger partial charge in [0.05, 0.1) is 6.10 Å². The summed E-state index contributed by atoms with van der Waals surface area (Å²) in [6, 6.07) is 0. The quantitative estimate of drug-likeness (QED) is 0.0419. The van der Waals surface area contributed by atoms with E-state index in [0.717, 1.165) is 64.2 Å². The van der Waals surface area contributed by atoms with E-state index in [0.29, 0.717) is 19.3 Å². The van der Waals surface area contributed by atoms with E-state index in [4.69, 9.17) is 9.47 Å². The molecule has 0 rings (SSSR count). The molecule has 0 unspecified atom stereocenters. The molecular weight excluding hydrogens is 576 g/mol. The van der Waals surface area contributed by atoms with E-state index in [9.17, 15) is 19.8 Å². The van der Waals surface area contributed by atoms with Gasteiger partial charge in [-0.1, -0.05) is 159 Å². The highest BCUT2D eigenvalue weighted by atomic mass is 16.6. The molecule has 6 heteroatoms. The number of hydrogen-bond acceptors (Lipinski definition) is 6. The van der Waals surface area contributed by atoms with Crippen LogP contribution in [0.3, 0.4) is 0 Å². The zero-order chi connectivity index (χ0) is 33.8. The van der Waals surface area contributed by atoms with Crippen molar-refractivity contribution in [2.24, 2.45) is 0 Å². The largest absolute Gasteiger partial charge is 0.463 e. The van der Waals surface area contributed by atoms with Crippen LogP contribution >= 0.6 is 0 Å². The van der Waals surface area contributed by atoms with Gasteiger partial charge in [0.15, 0.2) is 0 Å². The van der Waals surface area contributed by atoms with Gasteiger partial charge in [-0.25, -0.2) is 0 Å². The van der Waals surface area contributed by atoms with Gasteiger partial charge in [0.1, 0.15) is 19.3 Å². The Hall–Kier alpha value is -2.18. The first-order valence-corrected chi connectivity index (χ1v) is 18.8. The van der Waals surface area contributed by atoms with Gasteiger partial charge in [-0.15, -0.1) is 0 Å². The highest BCUT2D eigenvalue weighted by Gasteiger charge is 2.12. The second-order valence-electron chi connectivity index (χ2n) is 12.5. The van der Waals surface area contributed by atoms with Crippen molar-refractivity contribution in [2.45, 2.75) is 180 Å². The van der Waals surface area contributed by atoms with Gasteiger partial charge >= 0.3 is 11.9 Å². The Balaban J connectivity index is 3.58. The van der Waals surface area contributed by atoms with Crippen molar-refractivity contribution in [1.29, 1.82) is 0 Å². The molecule has 0 saturated carbocycles. The predicted molar refractivity (Wildman–Crippen MR) is 193 cm³/mol. The first-order valence-electron chi connectivity index (χ1n) is 18.8. The molecule has 0 bridgehead atoms. The second-order valence-corrected chi connectivity index (χ2v) is 12.5. The number of aliphatic hydroxyl groups excluding tert-OH is 2. The smallest absolute Gasteiger partial charge is 0.305 e. The fourth-order valence-electron chi connectivity index (χ4n) is 4.98. The molecule has 6 nitrogen and oxygen atoms in total. The van der Waals surface area contributed by atoms with Crippen LogP contribution in [0.5, 0.6) is 0 Å². The summed E-state index contributed by atoms with van der Waals surface area (Å²) in [7, 11) is 0. The average Bonchev–Trinajstić information content (AvgIpc) is 3.05. The molecule has 0 spiro atoms. The summed E-state index contributed by atoms with van der Waals surface area (Å²) in [6.07, 6.45) is 40.7. The Bertz CT molecular complexity index is 800. The van der Waals surface area contributed by atoms with Crippen LogP contribution in [0, 0.1) is 0 Å². The van der Waals surface area contributed by atoms with E-state index < -0.39 is 6.10 Å². The lowest BCUT2D eigenvalue weighted by atomic mass is 10.0. The summed E-state index contributed by atoms with van der Waals surface area (Å²) in [4.78, 5) is 23.9. The monoisotopic (exact) mass is 647 g/mol. The van der Waals surface area contributed by atoms with E-state index in [1.165, 1.54) is 70.6 Å². The number of carbonyl (C=O) groups excluding carboxylic acids is 2. The Morgan fingerprint density at radius 2 is 0.935 bits per heavy atom. The number of unbranched alkanes of at least 4 members (excludes halogenated alkanes) is 15. The number of rotatable bonds is 33. The number of ether oxygens (including phenoxy) is 2. The van der Waals surface area contributed by atoms with Gasteiger partial charge in [-0.3, -0.25) is 9.59 Å². The molecule has 0 aromatic rings. The maximum Gasteiger partial charge on any atom is 0.305 e. The van der Waals surface area contributed by atoms with Crippen LogP contribution in [-0.2, 0) is 19.1 Å². The molecule has 0 radical (unpaired) electrons. The number of aliphatic hydroxyl groups is 2. The van der Waals surface area contributed by atoms with Gasteiger partial charge in [0, 0.05) is 12.8 Å². The molecule has 0 amide bonds. The Labute approximate surface area is 282 Å². The normalized spacial score (nSPS) is 13.4. The first kappa shape index (κ1) is 43.8. The van der Waals surface area contributed by atoms with Crippen molar-refractivity contribution < 1.29 is 29.3 Å². The molecule has 0 fully saturated rings. The molecule has 2 N–H and O–H groups in total. The topological polar surface area (TPSA) is 93.1 Å². The molecule has 46 heavy (non-hydrogen) atoms. The standard InChI is InChI=1S/C40H70O6/c1-3-5-7-8-9-10-11-12-13-17-20-23-26-29-33-39(43)45-35-38(42)36-46-40(44)34-30-27-24-21-18-15-14-16-19-22-25-28-32-37(41)31-6-4-2/h14-15,19,21-22,24,28,32,37-38,41-42H,3-13,16-18,20,23,25-27,29-31,33-36H2,1-2H3/b15-14-,22-19-,24-21-,32-28-/t37-,38-/m0/s1. The van der Waals surface area contributed by atoms with E-state index in [-0.39, 0.29) is 31.3 Å². The van der Waals surface area contributed by atoms with Crippen molar-refractivity contribution in [2.75, 3.05) is 13.2 Å². The highest BCUT2D eigenvalue weighted by Crippen LogP contribution is 2.13. The maximum atomic E-state index is 11.9. The fourth-order valence-corrected chi connectivity index (χ4v) is 4.98. The lowest BCUT2D eigenvalue weighted by molar-refractivity contribution is -0.152. The van der Waals surface area contributed by atoms with E-state index in [2.05, 4.69) is 50.3 Å². The number of esters is 2. The predicted octanol–water partition coefficient (Wildman–Crippen LogP) is 10.4. The Morgan fingerprint density at radius 3 is 1.43 bits per heavy atom. The van der Waals surface area contributed by atoms with E-state index in [1.807, 2.05) is 12.2 Å². The molecule has 0 saturated heterocycles. The Kier molecular flexibility index (Phi) is 34.0. The van der Waals surface area contributed by atoms with Crippen LogP contribution in [0.25, 0.3) is 0 Å². The van der Waals surface area contributed by atoms with Gasteiger partial charge in [-0.2, -0.15) is 0 Å². The third-order valence-electron chi connectivity index (χ3n) is 7.89. The van der Waals surface area contributed by atoms with Crippen LogP contribution in [0.4, 0.5) is 0 Å². The van der Waals surface area contributed by atoms with Crippen molar-refractivity contribution in [3.8, 4) is 0 Å². The summed E-state index contributed by atoms with van der Waals surface area (Å²) in [5, 5.41) is 19.7. The fraction of sp³-hybridized carbons (Fsp3) is 0.750. The third-order valence-corrected chi connectivity index (χ3v) is 7.89. The lowest BCUT2D eigenvalue weighted by Crippen LogP contribution is -2.25. The molecule has 0 aliphatic carbocycles. The zero-order valence-electron chi connectivity index (χ0n) is 29.7. The van der Waals surface area contributed by atoms with Gasteiger partial charge < -0.3 is 19.7 Å². The van der Waals surface area contributed by atoms with Crippen molar-refractivity contribution >= 4 is 11.9 Å². The minimum Gasteiger partial charge on any atom is -0.463 e. The van der Waals surface area contributed by atoms with Crippen molar-refractivity contribution in [3.63, 3.8) is 0 Å². The highest BCUT2D eigenvalue weighted by molar-refractivity contribution is 5.69. The molecule has 0 aromatic carbocycles.